The molecule has 174 valence electrons. The number of ether oxygens (including phenoxy) is 2. The molecule has 2 N–H and O–H groups in total. The van der Waals surface area contributed by atoms with Gasteiger partial charge in [-0.3, -0.25) is 0 Å². The lowest BCUT2D eigenvalue weighted by molar-refractivity contribution is 0.0198. The molecule has 0 bridgehead atoms. The Morgan fingerprint density at radius 3 is 1.24 bits per heavy atom. The zero-order chi connectivity index (χ0) is 23.6. The highest BCUT2D eigenvalue weighted by Crippen LogP contribution is 2.25. The normalized spacial score (nSPS) is 12.6. The maximum absolute atomic E-state index is 10.8. The summed E-state index contributed by atoms with van der Waals surface area (Å²) in [6.07, 6.45) is -1.30. The van der Waals surface area contributed by atoms with E-state index in [-0.39, 0.29) is 0 Å². The first-order chi connectivity index (χ1) is 16.7. The molecule has 0 aliphatic carbocycles. The lowest BCUT2D eigenvalue weighted by Crippen LogP contribution is -2.30. The Balaban J connectivity index is 1.37. The van der Waals surface area contributed by atoms with E-state index in [2.05, 4.69) is 0 Å². The van der Waals surface area contributed by atoms with E-state index in [0.717, 1.165) is 22.3 Å². The number of benzene rings is 4. The monoisotopic (exact) mass is 454 g/mol. The fraction of sp³-hybridized carbons (Fsp3) is 0.200. The van der Waals surface area contributed by atoms with Gasteiger partial charge >= 0.3 is 0 Å². The molecule has 0 radical (unpaired) electrons. The van der Waals surface area contributed by atoms with Gasteiger partial charge in [-0.2, -0.15) is 0 Å². The Bertz CT molecular complexity index is 1050. The topological polar surface area (TPSA) is 58.9 Å². The van der Waals surface area contributed by atoms with Crippen molar-refractivity contribution in [2.45, 2.75) is 38.3 Å². The number of aliphatic hydroxyl groups is 2. The minimum Gasteiger partial charge on any atom is -0.489 e. The average Bonchev–Trinajstić information content (AvgIpc) is 2.89. The number of rotatable bonds is 11. The molecule has 34 heavy (non-hydrogen) atoms. The third-order valence-electron chi connectivity index (χ3n) is 5.72. The molecule has 4 aromatic carbocycles. The van der Waals surface area contributed by atoms with Crippen LogP contribution in [0.5, 0.6) is 11.5 Å². The van der Waals surface area contributed by atoms with Gasteiger partial charge in [0.25, 0.3) is 0 Å². The van der Waals surface area contributed by atoms with E-state index in [0.29, 0.717) is 37.6 Å². The highest BCUT2D eigenvalue weighted by atomic mass is 16.5. The van der Waals surface area contributed by atoms with Crippen LogP contribution in [0.1, 0.15) is 22.3 Å². The quantitative estimate of drug-likeness (QED) is 0.321. The van der Waals surface area contributed by atoms with Gasteiger partial charge in [-0.15, -0.1) is 0 Å². The van der Waals surface area contributed by atoms with Crippen molar-refractivity contribution in [3.63, 3.8) is 0 Å². The number of para-hydroxylation sites is 2. The van der Waals surface area contributed by atoms with E-state index in [1.807, 2.05) is 109 Å². The summed E-state index contributed by atoms with van der Waals surface area (Å²) in [7, 11) is 0. The van der Waals surface area contributed by atoms with Crippen molar-refractivity contribution in [2.75, 3.05) is 0 Å². The molecule has 4 heteroatoms. The molecular weight excluding hydrogens is 424 g/mol. The van der Waals surface area contributed by atoms with Crippen molar-refractivity contribution in [3.8, 4) is 11.5 Å². The fourth-order valence-corrected chi connectivity index (χ4v) is 3.82. The maximum Gasteiger partial charge on any atom is 0.123 e. The van der Waals surface area contributed by atoms with Crippen molar-refractivity contribution < 1.29 is 19.7 Å². The lowest BCUT2D eigenvalue weighted by Gasteiger charge is -2.21. The van der Waals surface area contributed by atoms with E-state index in [1.54, 1.807) is 0 Å². The summed E-state index contributed by atoms with van der Waals surface area (Å²) in [4.78, 5) is 0. The van der Waals surface area contributed by atoms with E-state index in [4.69, 9.17) is 9.47 Å². The minimum atomic E-state index is -0.941. The molecule has 0 unspecified atom stereocenters. The van der Waals surface area contributed by atoms with Crippen LogP contribution in [0, 0.1) is 0 Å². The van der Waals surface area contributed by atoms with Crippen LogP contribution in [0.4, 0.5) is 0 Å². The summed E-state index contributed by atoms with van der Waals surface area (Å²) in [5.74, 6) is 1.42. The Kier molecular flexibility index (Phi) is 8.33. The van der Waals surface area contributed by atoms with Crippen molar-refractivity contribution in [3.05, 3.63) is 131 Å². The first kappa shape index (κ1) is 23.6. The first-order valence-corrected chi connectivity index (χ1v) is 11.5. The standard InChI is InChI=1S/C30H30O4/c31-27(19-25-15-7-9-17-29(25)33-21-23-11-3-1-4-12-23)28(32)20-26-16-8-10-18-30(26)34-22-24-13-5-2-6-14-24/h1-18,27-28,31-32H,19-22H2/t27-,28-/m0/s1. The number of aliphatic hydroxyl groups excluding tert-OH is 2. The van der Waals surface area contributed by atoms with Crippen LogP contribution in [0.15, 0.2) is 109 Å². The Hall–Kier alpha value is -3.60. The zero-order valence-corrected chi connectivity index (χ0v) is 19.1. The Labute approximate surface area is 201 Å². The summed E-state index contributed by atoms with van der Waals surface area (Å²) in [6, 6.07) is 35.2. The van der Waals surface area contributed by atoms with E-state index < -0.39 is 12.2 Å². The molecule has 4 aromatic rings. The summed E-state index contributed by atoms with van der Waals surface area (Å²) in [5.41, 5.74) is 3.87. The number of hydrogen-bond acceptors (Lipinski definition) is 4. The van der Waals surface area contributed by atoms with Crippen molar-refractivity contribution >= 4 is 0 Å². The van der Waals surface area contributed by atoms with Crippen LogP contribution >= 0.6 is 0 Å². The van der Waals surface area contributed by atoms with Crippen molar-refractivity contribution in [1.29, 1.82) is 0 Å². The van der Waals surface area contributed by atoms with Gasteiger partial charge in [0.1, 0.15) is 24.7 Å². The van der Waals surface area contributed by atoms with Gasteiger partial charge in [0.15, 0.2) is 0 Å². The summed E-state index contributed by atoms with van der Waals surface area (Å²) in [6.45, 7) is 0.894. The van der Waals surface area contributed by atoms with Gasteiger partial charge in [0.2, 0.25) is 0 Å². The smallest absolute Gasteiger partial charge is 0.123 e. The highest BCUT2D eigenvalue weighted by Gasteiger charge is 2.20. The molecular formula is C30H30O4. The predicted octanol–water partition coefficient (Wildman–Crippen LogP) is 5.35. The van der Waals surface area contributed by atoms with Gasteiger partial charge in [-0.1, -0.05) is 97.1 Å². The second-order valence-corrected chi connectivity index (χ2v) is 8.31. The van der Waals surface area contributed by atoms with E-state index in [1.165, 1.54) is 0 Å². The lowest BCUT2D eigenvalue weighted by atomic mass is 9.97. The molecule has 0 saturated carbocycles. The average molecular weight is 455 g/mol. The van der Waals surface area contributed by atoms with Crippen LogP contribution in [-0.4, -0.2) is 22.4 Å². The molecule has 2 atom stereocenters. The molecule has 0 heterocycles. The van der Waals surface area contributed by atoms with Crippen LogP contribution in [-0.2, 0) is 26.1 Å². The predicted molar refractivity (Wildman–Crippen MR) is 134 cm³/mol. The molecule has 0 aliphatic rings. The van der Waals surface area contributed by atoms with Gasteiger partial charge in [0.05, 0.1) is 12.2 Å². The molecule has 4 nitrogen and oxygen atoms in total. The second kappa shape index (κ2) is 12.0. The third kappa shape index (κ3) is 6.70. The summed E-state index contributed by atoms with van der Waals surface area (Å²) < 4.78 is 12.0. The maximum atomic E-state index is 10.8. The zero-order valence-electron chi connectivity index (χ0n) is 19.1. The highest BCUT2D eigenvalue weighted by molar-refractivity contribution is 5.36. The van der Waals surface area contributed by atoms with Crippen LogP contribution in [0.25, 0.3) is 0 Å². The van der Waals surface area contributed by atoms with Crippen LogP contribution in [0.2, 0.25) is 0 Å². The van der Waals surface area contributed by atoms with Crippen LogP contribution in [0.3, 0.4) is 0 Å². The molecule has 0 aromatic heterocycles. The molecule has 0 aliphatic heterocycles. The number of hydrogen-bond donors (Lipinski definition) is 2. The van der Waals surface area contributed by atoms with E-state index in [9.17, 15) is 10.2 Å². The SMILES string of the molecule is O[C@@H](Cc1ccccc1OCc1ccccc1)[C@@H](O)Cc1ccccc1OCc1ccccc1. The van der Waals surface area contributed by atoms with Gasteiger partial charge in [-0.05, 0) is 34.4 Å². The molecule has 0 saturated heterocycles. The van der Waals surface area contributed by atoms with E-state index >= 15 is 0 Å². The minimum absolute atomic E-state index is 0.291. The fourth-order valence-electron chi connectivity index (χ4n) is 3.82. The van der Waals surface area contributed by atoms with Crippen LogP contribution < -0.4 is 9.47 Å². The summed E-state index contributed by atoms with van der Waals surface area (Å²) in [5, 5.41) is 21.6. The molecule has 0 amide bonds. The molecule has 4 rings (SSSR count). The largest absolute Gasteiger partial charge is 0.489 e. The van der Waals surface area contributed by atoms with Gasteiger partial charge in [-0.25, -0.2) is 0 Å². The Morgan fingerprint density at radius 2 is 0.824 bits per heavy atom. The van der Waals surface area contributed by atoms with Crippen molar-refractivity contribution in [1.82, 2.24) is 0 Å². The second-order valence-electron chi connectivity index (χ2n) is 8.31. The third-order valence-corrected chi connectivity index (χ3v) is 5.72. The van der Waals surface area contributed by atoms with Gasteiger partial charge in [0, 0.05) is 12.8 Å². The molecule has 0 fully saturated rings. The molecule has 0 spiro atoms. The van der Waals surface area contributed by atoms with Gasteiger partial charge < -0.3 is 19.7 Å². The Morgan fingerprint density at radius 1 is 0.471 bits per heavy atom. The van der Waals surface area contributed by atoms with Crippen molar-refractivity contribution in [2.24, 2.45) is 0 Å². The first-order valence-electron chi connectivity index (χ1n) is 11.5. The summed E-state index contributed by atoms with van der Waals surface area (Å²) >= 11 is 0.